The number of halogens is 1. The highest BCUT2D eigenvalue weighted by atomic mass is 32.1. The van der Waals surface area contributed by atoms with Gasteiger partial charge >= 0.3 is 0 Å². The SMILES string of the molecule is N#CC1(NC(=O)c2ccc(-c3ccc(F)cc3)s2)CCCCC1. The van der Waals surface area contributed by atoms with Gasteiger partial charge in [-0.05, 0) is 42.7 Å². The maximum absolute atomic E-state index is 13.0. The zero-order chi connectivity index (χ0) is 16.3. The van der Waals surface area contributed by atoms with Gasteiger partial charge in [0.1, 0.15) is 11.4 Å². The fraction of sp³-hybridized carbons (Fsp3) is 0.333. The molecule has 1 aliphatic rings. The van der Waals surface area contributed by atoms with Gasteiger partial charge in [-0.1, -0.05) is 31.4 Å². The maximum Gasteiger partial charge on any atom is 0.262 e. The van der Waals surface area contributed by atoms with Gasteiger partial charge in [-0.25, -0.2) is 4.39 Å². The summed E-state index contributed by atoms with van der Waals surface area (Å²) in [7, 11) is 0. The van der Waals surface area contributed by atoms with Gasteiger partial charge in [0.25, 0.3) is 5.91 Å². The number of rotatable bonds is 3. The van der Waals surface area contributed by atoms with Crippen molar-refractivity contribution in [2.24, 2.45) is 0 Å². The van der Waals surface area contributed by atoms with E-state index in [-0.39, 0.29) is 11.7 Å². The van der Waals surface area contributed by atoms with E-state index in [2.05, 4.69) is 11.4 Å². The molecule has 0 unspecified atom stereocenters. The number of thiophene rings is 1. The summed E-state index contributed by atoms with van der Waals surface area (Å²) >= 11 is 1.35. The molecule has 3 rings (SSSR count). The quantitative estimate of drug-likeness (QED) is 0.901. The maximum atomic E-state index is 13.0. The molecule has 0 atom stereocenters. The molecule has 0 aliphatic heterocycles. The molecule has 1 N–H and O–H groups in total. The Balaban J connectivity index is 1.76. The third kappa shape index (κ3) is 3.43. The predicted octanol–water partition coefficient (Wildman–Crippen LogP) is 4.51. The van der Waals surface area contributed by atoms with Crippen LogP contribution in [0.25, 0.3) is 10.4 Å². The topological polar surface area (TPSA) is 52.9 Å². The summed E-state index contributed by atoms with van der Waals surface area (Å²) in [6.07, 6.45) is 4.49. The highest BCUT2D eigenvalue weighted by Gasteiger charge is 2.34. The first kappa shape index (κ1) is 15.7. The average Bonchev–Trinajstić information content (AvgIpc) is 3.06. The molecule has 2 aromatic rings. The molecule has 5 heteroatoms. The Morgan fingerprint density at radius 2 is 1.83 bits per heavy atom. The second-order valence-electron chi connectivity index (χ2n) is 5.88. The Labute approximate surface area is 138 Å². The smallest absolute Gasteiger partial charge is 0.262 e. The monoisotopic (exact) mass is 328 g/mol. The lowest BCUT2D eigenvalue weighted by molar-refractivity contribution is 0.0907. The predicted molar refractivity (Wildman–Crippen MR) is 88.6 cm³/mol. The van der Waals surface area contributed by atoms with Gasteiger partial charge in [-0.2, -0.15) is 5.26 Å². The molecule has 0 spiro atoms. The molecule has 23 heavy (non-hydrogen) atoms. The van der Waals surface area contributed by atoms with Crippen LogP contribution in [0.2, 0.25) is 0 Å². The van der Waals surface area contributed by atoms with Crippen molar-refractivity contribution in [2.45, 2.75) is 37.6 Å². The van der Waals surface area contributed by atoms with Crippen molar-refractivity contribution in [3.05, 3.63) is 47.1 Å². The minimum absolute atomic E-state index is 0.202. The van der Waals surface area contributed by atoms with Crippen LogP contribution >= 0.6 is 11.3 Å². The van der Waals surface area contributed by atoms with Crippen molar-refractivity contribution in [1.82, 2.24) is 5.32 Å². The summed E-state index contributed by atoms with van der Waals surface area (Å²) < 4.78 is 13.0. The number of nitrogens with zero attached hydrogens (tertiary/aromatic N) is 1. The lowest BCUT2D eigenvalue weighted by atomic mass is 9.83. The van der Waals surface area contributed by atoms with Crippen LogP contribution < -0.4 is 5.32 Å². The molecular weight excluding hydrogens is 311 g/mol. The first-order valence-corrected chi connectivity index (χ1v) is 8.53. The van der Waals surface area contributed by atoms with Crippen LogP contribution in [0.3, 0.4) is 0 Å². The Morgan fingerprint density at radius 1 is 1.13 bits per heavy atom. The minimum Gasteiger partial charge on any atom is -0.333 e. The summed E-state index contributed by atoms with van der Waals surface area (Å²) in [5, 5.41) is 12.4. The summed E-state index contributed by atoms with van der Waals surface area (Å²) in [6, 6.07) is 12.1. The first-order valence-electron chi connectivity index (χ1n) is 7.71. The van der Waals surface area contributed by atoms with Gasteiger partial charge in [-0.15, -0.1) is 11.3 Å². The van der Waals surface area contributed by atoms with E-state index in [1.54, 1.807) is 18.2 Å². The third-order valence-electron chi connectivity index (χ3n) is 4.23. The fourth-order valence-corrected chi connectivity index (χ4v) is 3.83. The molecule has 1 heterocycles. The normalized spacial score (nSPS) is 16.5. The molecule has 118 valence electrons. The Kier molecular flexibility index (Phi) is 4.44. The summed E-state index contributed by atoms with van der Waals surface area (Å²) in [5.41, 5.74) is 0.151. The molecule has 0 radical (unpaired) electrons. The van der Waals surface area contributed by atoms with Crippen molar-refractivity contribution in [2.75, 3.05) is 0 Å². The van der Waals surface area contributed by atoms with Crippen LogP contribution in [-0.2, 0) is 0 Å². The van der Waals surface area contributed by atoms with Gasteiger partial charge in [0.2, 0.25) is 0 Å². The Hall–Kier alpha value is -2.19. The average molecular weight is 328 g/mol. The molecule has 1 amide bonds. The highest BCUT2D eigenvalue weighted by Crippen LogP contribution is 2.31. The molecule has 0 saturated heterocycles. The lowest BCUT2D eigenvalue weighted by Crippen LogP contribution is -2.48. The number of hydrogen-bond acceptors (Lipinski definition) is 3. The van der Waals surface area contributed by atoms with Crippen molar-refractivity contribution in [3.63, 3.8) is 0 Å². The number of amides is 1. The molecule has 1 aromatic carbocycles. The van der Waals surface area contributed by atoms with Crippen LogP contribution in [-0.4, -0.2) is 11.4 Å². The van der Waals surface area contributed by atoms with Crippen LogP contribution in [0.4, 0.5) is 4.39 Å². The second kappa shape index (κ2) is 6.51. The number of hydrogen-bond donors (Lipinski definition) is 1. The van der Waals surface area contributed by atoms with Crippen LogP contribution in [0.5, 0.6) is 0 Å². The van der Waals surface area contributed by atoms with Gasteiger partial charge < -0.3 is 5.32 Å². The van der Waals surface area contributed by atoms with E-state index in [1.165, 1.54) is 23.5 Å². The molecule has 0 bridgehead atoms. The summed E-state index contributed by atoms with van der Waals surface area (Å²) in [4.78, 5) is 13.9. The minimum atomic E-state index is -0.727. The highest BCUT2D eigenvalue weighted by molar-refractivity contribution is 7.17. The lowest BCUT2D eigenvalue weighted by Gasteiger charge is -2.31. The molecule has 1 fully saturated rings. The third-order valence-corrected chi connectivity index (χ3v) is 5.37. The van der Waals surface area contributed by atoms with E-state index in [9.17, 15) is 14.4 Å². The number of nitrogens with one attached hydrogen (secondary N) is 1. The zero-order valence-electron chi connectivity index (χ0n) is 12.6. The number of carbonyl (C=O) groups is 1. The van der Waals surface area contributed by atoms with Crippen LogP contribution in [0.15, 0.2) is 36.4 Å². The van der Waals surface area contributed by atoms with Crippen molar-refractivity contribution >= 4 is 17.2 Å². The number of carbonyl (C=O) groups excluding carboxylic acids is 1. The molecule has 1 saturated carbocycles. The van der Waals surface area contributed by atoms with Gasteiger partial charge in [0.05, 0.1) is 10.9 Å². The van der Waals surface area contributed by atoms with E-state index in [0.29, 0.717) is 17.7 Å². The number of nitriles is 1. The van der Waals surface area contributed by atoms with E-state index >= 15 is 0 Å². The Bertz CT molecular complexity index is 739. The standard InChI is InChI=1S/C18H17FN2OS/c19-14-6-4-13(5-7-14)15-8-9-16(23-15)17(22)21-18(12-20)10-2-1-3-11-18/h4-9H,1-3,10-11H2,(H,21,22). The summed E-state index contributed by atoms with van der Waals surface area (Å²) in [6.45, 7) is 0. The molecule has 1 aromatic heterocycles. The van der Waals surface area contributed by atoms with Crippen LogP contribution in [0, 0.1) is 17.1 Å². The molecule has 3 nitrogen and oxygen atoms in total. The van der Waals surface area contributed by atoms with Crippen molar-refractivity contribution in [1.29, 1.82) is 5.26 Å². The second-order valence-corrected chi connectivity index (χ2v) is 6.96. The number of benzene rings is 1. The van der Waals surface area contributed by atoms with Crippen molar-refractivity contribution in [3.8, 4) is 16.5 Å². The van der Waals surface area contributed by atoms with E-state index in [0.717, 1.165) is 29.7 Å². The van der Waals surface area contributed by atoms with Crippen molar-refractivity contribution < 1.29 is 9.18 Å². The van der Waals surface area contributed by atoms with Gasteiger partial charge in [-0.3, -0.25) is 4.79 Å². The van der Waals surface area contributed by atoms with Gasteiger partial charge in [0, 0.05) is 4.88 Å². The van der Waals surface area contributed by atoms with E-state index < -0.39 is 5.54 Å². The summed E-state index contributed by atoms with van der Waals surface area (Å²) in [5.74, 6) is -0.483. The first-order chi connectivity index (χ1) is 11.1. The zero-order valence-corrected chi connectivity index (χ0v) is 13.5. The largest absolute Gasteiger partial charge is 0.333 e. The van der Waals surface area contributed by atoms with Gasteiger partial charge in [0.15, 0.2) is 0 Å². The Morgan fingerprint density at radius 3 is 2.48 bits per heavy atom. The van der Waals surface area contributed by atoms with Crippen LogP contribution in [0.1, 0.15) is 41.8 Å². The van der Waals surface area contributed by atoms with E-state index in [4.69, 9.17) is 0 Å². The van der Waals surface area contributed by atoms with E-state index in [1.807, 2.05) is 6.07 Å². The fourth-order valence-electron chi connectivity index (χ4n) is 2.93. The molecular formula is C18H17FN2OS. The molecule has 1 aliphatic carbocycles.